The zero-order valence-electron chi connectivity index (χ0n) is 16.7. The van der Waals surface area contributed by atoms with Crippen molar-refractivity contribution in [3.05, 3.63) is 83.9 Å². The van der Waals surface area contributed by atoms with Crippen molar-refractivity contribution in [2.75, 3.05) is 0 Å². The minimum atomic E-state index is -0.924. The average Bonchev–Trinajstić information content (AvgIpc) is 3.05. The first-order chi connectivity index (χ1) is 14.6. The van der Waals surface area contributed by atoms with Gasteiger partial charge in [0.05, 0.1) is 17.5 Å². The van der Waals surface area contributed by atoms with Crippen molar-refractivity contribution in [2.45, 2.75) is 25.8 Å². The fraction of sp³-hybridized carbons (Fsp3) is 0.250. The van der Waals surface area contributed by atoms with E-state index in [2.05, 4.69) is 10.5 Å². The molecular weight excluding hydrogens is 378 g/mol. The lowest BCUT2D eigenvalue weighted by molar-refractivity contribution is -0.147. The van der Waals surface area contributed by atoms with E-state index >= 15 is 0 Å². The van der Waals surface area contributed by atoms with Crippen LogP contribution in [0.1, 0.15) is 30.9 Å². The van der Waals surface area contributed by atoms with Crippen LogP contribution in [0.3, 0.4) is 0 Å². The normalized spacial score (nSPS) is 21.2. The van der Waals surface area contributed by atoms with Crippen molar-refractivity contribution in [1.29, 1.82) is 0 Å². The molecule has 1 fully saturated rings. The zero-order chi connectivity index (χ0) is 21.1. The predicted octanol–water partition coefficient (Wildman–Crippen LogP) is 2.89. The van der Waals surface area contributed by atoms with Crippen LogP contribution in [0.25, 0.3) is 0 Å². The molecular formula is C24H23N3O3. The number of hydrogen-bond acceptors (Lipinski definition) is 4. The number of nitrogens with one attached hydrogen (secondary N) is 1. The molecule has 2 aromatic carbocycles. The number of nitrogens with zero attached hydrogens (tertiary/aromatic N) is 2. The Kier molecular flexibility index (Phi) is 5.57. The number of carbonyl (C=O) groups excluding carboxylic acids is 3. The number of fused-ring (bicyclic) bond motifs is 1. The van der Waals surface area contributed by atoms with Gasteiger partial charge in [-0.15, -0.1) is 0 Å². The Labute approximate surface area is 175 Å². The van der Waals surface area contributed by atoms with Gasteiger partial charge in [-0.05, 0) is 19.8 Å². The molecule has 0 saturated carbocycles. The second kappa shape index (κ2) is 8.45. The third-order valence-electron chi connectivity index (χ3n) is 5.68. The second-order valence-corrected chi connectivity index (χ2v) is 7.55. The smallest absolute Gasteiger partial charge is 0.263 e. The monoisotopic (exact) mass is 401 g/mol. The Morgan fingerprint density at radius 3 is 1.83 bits per heavy atom. The highest BCUT2D eigenvalue weighted by molar-refractivity contribution is 6.13. The van der Waals surface area contributed by atoms with Crippen molar-refractivity contribution in [1.82, 2.24) is 10.3 Å². The molecule has 0 bridgehead atoms. The van der Waals surface area contributed by atoms with Crippen LogP contribution in [0.15, 0.2) is 77.9 Å². The molecule has 3 amide bonds. The first kappa shape index (κ1) is 19.8. The number of benzene rings is 2. The largest absolute Gasteiger partial charge is 0.274 e. The number of hydrogen-bond donors (Lipinski definition) is 1. The summed E-state index contributed by atoms with van der Waals surface area (Å²) in [5.74, 6) is -1.75. The SMILES string of the molecule is C[C@@H](C(=O)NN=C(c1ccccc1)c1ccccc1)N1C(=O)C2CC=CCC2C1=O. The maximum atomic E-state index is 12.8. The topological polar surface area (TPSA) is 78.8 Å². The highest BCUT2D eigenvalue weighted by Crippen LogP contribution is 2.36. The van der Waals surface area contributed by atoms with Crippen LogP contribution in [0.4, 0.5) is 0 Å². The second-order valence-electron chi connectivity index (χ2n) is 7.55. The molecule has 4 rings (SSSR count). The Balaban J connectivity index is 1.55. The first-order valence-corrected chi connectivity index (χ1v) is 10.1. The van der Waals surface area contributed by atoms with Gasteiger partial charge >= 0.3 is 0 Å². The van der Waals surface area contributed by atoms with Gasteiger partial charge in [0.1, 0.15) is 6.04 Å². The molecule has 0 spiro atoms. The predicted molar refractivity (Wildman–Crippen MR) is 113 cm³/mol. The van der Waals surface area contributed by atoms with E-state index in [1.165, 1.54) is 0 Å². The molecule has 2 unspecified atom stereocenters. The van der Waals surface area contributed by atoms with Gasteiger partial charge in [0.15, 0.2) is 0 Å². The van der Waals surface area contributed by atoms with Gasteiger partial charge in [-0.3, -0.25) is 19.3 Å². The molecule has 1 heterocycles. The van der Waals surface area contributed by atoms with Gasteiger partial charge in [-0.25, -0.2) is 5.43 Å². The zero-order valence-corrected chi connectivity index (χ0v) is 16.7. The summed E-state index contributed by atoms with van der Waals surface area (Å²) in [7, 11) is 0. The van der Waals surface area contributed by atoms with Gasteiger partial charge in [0, 0.05) is 11.1 Å². The first-order valence-electron chi connectivity index (χ1n) is 10.1. The number of likely N-dealkylation sites (tertiary alicyclic amines) is 1. The minimum absolute atomic E-state index is 0.271. The maximum Gasteiger partial charge on any atom is 0.263 e. The molecule has 0 radical (unpaired) electrons. The molecule has 30 heavy (non-hydrogen) atoms. The number of hydrazone groups is 1. The molecule has 6 heteroatoms. The quantitative estimate of drug-likeness (QED) is 0.362. The molecule has 3 atom stereocenters. The van der Waals surface area contributed by atoms with Crippen molar-refractivity contribution in [3.63, 3.8) is 0 Å². The van der Waals surface area contributed by atoms with Crippen molar-refractivity contribution >= 4 is 23.4 Å². The lowest BCUT2D eigenvalue weighted by Crippen LogP contribution is -2.47. The molecule has 1 aliphatic carbocycles. The van der Waals surface area contributed by atoms with E-state index in [4.69, 9.17) is 0 Å². The number of carbonyl (C=O) groups is 3. The standard InChI is InChI=1S/C24H23N3O3/c1-16(27-23(29)19-14-8-9-15-20(19)24(27)30)22(28)26-25-21(17-10-4-2-5-11-17)18-12-6-3-7-13-18/h2-13,16,19-20H,14-15H2,1H3,(H,26,28)/t16-,19?,20?/m0/s1. The Bertz CT molecular complexity index is 947. The third kappa shape index (κ3) is 3.68. The number of amides is 3. The van der Waals surface area contributed by atoms with E-state index in [-0.39, 0.29) is 23.7 Å². The molecule has 2 aromatic rings. The fourth-order valence-electron chi connectivity index (χ4n) is 4.02. The van der Waals surface area contributed by atoms with Crippen LogP contribution in [0.5, 0.6) is 0 Å². The summed E-state index contributed by atoms with van der Waals surface area (Å²) in [5, 5.41) is 4.35. The summed E-state index contributed by atoms with van der Waals surface area (Å²) < 4.78 is 0. The summed E-state index contributed by atoms with van der Waals surface area (Å²) in [4.78, 5) is 39.4. The van der Waals surface area contributed by atoms with E-state index in [1.54, 1.807) is 6.92 Å². The Hall–Kier alpha value is -3.54. The van der Waals surface area contributed by atoms with Crippen molar-refractivity contribution in [2.24, 2.45) is 16.9 Å². The summed E-state index contributed by atoms with van der Waals surface area (Å²) in [6, 6.07) is 18.1. The highest BCUT2D eigenvalue weighted by atomic mass is 16.2. The summed E-state index contributed by atoms with van der Waals surface area (Å²) >= 11 is 0. The molecule has 1 saturated heterocycles. The molecule has 0 aromatic heterocycles. The maximum absolute atomic E-state index is 12.8. The van der Waals surface area contributed by atoms with Crippen molar-refractivity contribution in [3.8, 4) is 0 Å². The van der Waals surface area contributed by atoms with Gasteiger partial charge in [-0.2, -0.15) is 5.10 Å². The molecule has 2 aliphatic rings. The molecule has 6 nitrogen and oxygen atoms in total. The van der Waals surface area contributed by atoms with E-state index in [1.807, 2.05) is 72.8 Å². The number of allylic oxidation sites excluding steroid dienone is 2. The van der Waals surface area contributed by atoms with Crippen LogP contribution in [-0.2, 0) is 14.4 Å². The number of imide groups is 1. The summed E-state index contributed by atoms with van der Waals surface area (Å²) in [5.41, 5.74) is 4.87. The van der Waals surface area contributed by atoms with Crippen LogP contribution in [0, 0.1) is 11.8 Å². The lowest BCUT2D eigenvalue weighted by Gasteiger charge is -2.21. The van der Waals surface area contributed by atoms with E-state index < -0.39 is 11.9 Å². The van der Waals surface area contributed by atoms with Crippen LogP contribution < -0.4 is 5.43 Å². The average molecular weight is 401 g/mol. The van der Waals surface area contributed by atoms with Gasteiger partial charge in [-0.1, -0.05) is 72.8 Å². The van der Waals surface area contributed by atoms with Crippen LogP contribution >= 0.6 is 0 Å². The Morgan fingerprint density at radius 1 is 0.900 bits per heavy atom. The highest BCUT2D eigenvalue weighted by Gasteiger charge is 2.50. The van der Waals surface area contributed by atoms with E-state index in [0.717, 1.165) is 16.0 Å². The molecule has 152 valence electrons. The van der Waals surface area contributed by atoms with Crippen LogP contribution in [0.2, 0.25) is 0 Å². The minimum Gasteiger partial charge on any atom is -0.274 e. The van der Waals surface area contributed by atoms with Gasteiger partial charge in [0.25, 0.3) is 5.91 Å². The van der Waals surface area contributed by atoms with Gasteiger partial charge < -0.3 is 0 Å². The third-order valence-corrected chi connectivity index (χ3v) is 5.68. The Morgan fingerprint density at radius 2 is 1.37 bits per heavy atom. The molecule has 1 aliphatic heterocycles. The van der Waals surface area contributed by atoms with E-state index in [0.29, 0.717) is 18.6 Å². The molecule has 1 N–H and O–H groups in total. The van der Waals surface area contributed by atoms with Gasteiger partial charge in [0.2, 0.25) is 11.8 Å². The number of rotatable bonds is 5. The summed E-state index contributed by atoms with van der Waals surface area (Å²) in [6.07, 6.45) is 4.95. The van der Waals surface area contributed by atoms with Crippen LogP contribution in [-0.4, -0.2) is 34.4 Å². The van der Waals surface area contributed by atoms with Crippen molar-refractivity contribution < 1.29 is 14.4 Å². The van der Waals surface area contributed by atoms with E-state index in [9.17, 15) is 14.4 Å². The summed E-state index contributed by atoms with van der Waals surface area (Å²) in [6.45, 7) is 1.57. The lowest BCUT2D eigenvalue weighted by atomic mass is 9.85. The fourth-order valence-corrected chi connectivity index (χ4v) is 4.02.